The second-order valence-corrected chi connectivity index (χ2v) is 7.29. The number of hydrogen-bond donors (Lipinski definition) is 5. The largest absolute Gasteiger partial charge is 0.477 e. The Hall–Kier alpha value is -3.82. The van der Waals surface area contributed by atoms with Gasteiger partial charge in [0.25, 0.3) is 0 Å². The van der Waals surface area contributed by atoms with Crippen LogP contribution in [0.2, 0.25) is 0 Å². The molecular weight excluding hydrogens is 410 g/mol. The Morgan fingerprint density at radius 1 is 0.844 bits per heavy atom. The lowest BCUT2D eigenvalue weighted by Crippen LogP contribution is -2.40. The monoisotopic (exact) mass is 435 g/mol. The van der Waals surface area contributed by atoms with Crippen LogP contribution in [0.25, 0.3) is 0 Å². The molecule has 3 aromatic rings. The molecule has 0 amide bonds. The molecule has 9 nitrogen and oxygen atoms in total. The van der Waals surface area contributed by atoms with Gasteiger partial charge in [0.05, 0.1) is 11.4 Å². The fourth-order valence-electron chi connectivity index (χ4n) is 3.17. The van der Waals surface area contributed by atoms with Gasteiger partial charge in [-0.1, -0.05) is 24.3 Å². The summed E-state index contributed by atoms with van der Waals surface area (Å²) >= 11 is 0. The predicted molar refractivity (Wildman–Crippen MR) is 119 cm³/mol. The van der Waals surface area contributed by atoms with Gasteiger partial charge >= 0.3 is 11.9 Å². The molecule has 0 spiro atoms. The van der Waals surface area contributed by atoms with E-state index >= 15 is 0 Å². The van der Waals surface area contributed by atoms with Crippen LogP contribution in [0.15, 0.2) is 60.7 Å². The molecule has 6 N–H and O–H groups in total. The first-order chi connectivity index (χ1) is 15.4. The number of aromatic nitrogens is 2. The first-order valence-electron chi connectivity index (χ1n) is 10.1. The molecule has 0 radical (unpaired) electrons. The number of aromatic carboxylic acids is 2. The molecule has 1 aromatic carbocycles. The highest BCUT2D eigenvalue weighted by Crippen LogP contribution is 2.09. The molecule has 0 fully saturated rings. The summed E-state index contributed by atoms with van der Waals surface area (Å²) in [5.74, 6) is -2.13. The van der Waals surface area contributed by atoms with Crippen LogP contribution in [0.3, 0.4) is 0 Å². The maximum Gasteiger partial charge on any atom is 0.354 e. The summed E-state index contributed by atoms with van der Waals surface area (Å²) in [6.07, 6.45) is 0.703. The van der Waals surface area contributed by atoms with E-state index in [2.05, 4.69) is 20.6 Å². The molecule has 166 valence electrons. The first-order valence-corrected chi connectivity index (χ1v) is 10.1. The van der Waals surface area contributed by atoms with Crippen LogP contribution in [0.4, 0.5) is 5.69 Å². The maximum absolute atomic E-state index is 11.2. The van der Waals surface area contributed by atoms with Crippen molar-refractivity contribution in [3.63, 3.8) is 0 Å². The number of nitrogens with zero attached hydrogens (tertiary/aromatic N) is 2. The van der Waals surface area contributed by atoms with E-state index in [0.717, 1.165) is 5.56 Å². The number of pyridine rings is 2. The molecule has 32 heavy (non-hydrogen) atoms. The number of nitrogen functional groups attached to an aromatic ring is 1. The SMILES string of the molecule is Nc1ccc(C[C@@H](CNCc2cccc(C(=O)O)n2)NCc2cccc(C(=O)O)n2)cc1. The van der Waals surface area contributed by atoms with Gasteiger partial charge in [0.2, 0.25) is 0 Å². The summed E-state index contributed by atoms with van der Waals surface area (Å²) in [5.41, 5.74) is 8.83. The maximum atomic E-state index is 11.2. The van der Waals surface area contributed by atoms with Gasteiger partial charge in [-0.05, 0) is 48.4 Å². The summed E-state index contributed by atoms with van der Waals surface area (Å²) in [6.45, 7) is 1.38. The number of anilines is 1. The van der Waals surface area contributed by atoms with Crippen molar-refractivity contribution in [3.05, 3.63) is 89.0 Å². The molecule has 0 aliphatic carbocycles. The van der Waals surface area contributed by atoms with Gasteiger partial charge in [-0.25, -0.2) is 19.6 Å². The van der Waals surface area contributed by atoms with E-state index < -0.39 is 11.9 Å². The van der Waals surface area contributed by atoms with Crippen LogP contribution in [0.5, 0.6) is 0 Å². The smallest absolute Gasteiger partial charge is 0.354 e. The Labute approximate surface area is 185 Å². The van der Waals surface area contributed by atoms with E-state index in [9.17, 15) is 9.59 Å². The van der Waals surface area contributed by atoms with Gasteiger partial charge in [0, 0.05) is 31.4 Å². The molecule has 0 aliphatic rings. The number of carbonyl (C=O) groups is 2. The number of nitrogens with two attached hydrogens (primary N) is 1. The van der Waals surface area contributed by atoms with Crippen molar-refractivity contribution >= 4 is 17.6 Å². The van der Waals surface area contributed by atoms with Crippen molar-refractivity contribution in [2.45, 2.75) is 25.6 Å². The van der Waals surface area contributed by atoms with E-state index in [0.29, 0.717) is 43.1 Å². The van der Waals surface area contributed by atoms with Crippen LogP contribution in [0.1, 0.15) is 37.9 Å². The molecule has 2 heterocycles. The van der Waals surface area contributed by atoms with Crippen molar-refractivity contribution in [1.29, 1.82) is 0 Å². The zero-order valence-corrected chi connectivity index (χ0v) is 17.4. The summed E-state index contributed by atoms with van der Waals surface area (Å²) in [7, 11) is 0. The quantitative estimate of drug-likeness (QED) is 0.285. The van der Waals surface area contributed by atoms with Gasteiger partial charge in [-0.2, -0.15) is 0 Å². The molecule has 9 heteroatoms. The third-order valence-corrected chi connectivity index (χ3v) is 4.78. The molecule has 0 bridgehead atoms. The van der Waals surface area contributed by atoms with Gasteiger partial charge in [0.1, 0.15) is 11.4 Å². The van der Waals surface area contributed by atoms with Crippen molar-refractivity contribution < 1.29 is 19.8 Å². The number of hydrogen-bond acceptors (Lipinski definition) is 7. The van der Waals surface area contributed by atoms with Gasteiger partial charge in [0.15, 0.2) is 0 Å². The van der Waals surface area contributed by atoms with Crippen molar-refractivity contribution in [2.75, 3.05) is 12.3 Å². The fraction of sp³-hybridized carbons (Fsp3) is 0.217. The Kier molecular flexibility index (Phi) is 7.85. The summed E-state index contributed by atoms with van der Waals surface area (Å²) in [6, 6.07) is 17.4. The average molecular weight is 435 g/mol. The normalized spacial score (nSPS) is 11.8. The number of carboxylic acids is 2. The predicted octanol–water partition coefficient (Wildman–Crippen LogP) is 1.95. The fourth-order valence-corrected chi connectivity index (χ4v) is 3.17. The van der Waals surface area contributed by atoms with E-state index in [4.69, 9.17) is 15.9 Å². The minimum Gasteiger partial charge on any atom is -0.477 e. The van der Waals surface area contributed by atoms with Crippen LogP contribution in [0, 0.1) is 0 Å². The third kappa shape index (κ3) is 6.86. The van der Waals surface area contributed by atoms with Gasteiger partial charge in [-0.3, -0.25) is 0 Å². The molecule has 1 atom stereocenters. The van der Waals surface area contributed by atoms with E-state index in [1.807, 2.05) is 24.3 Å². The van der Waals surface area contributed by atoms with Crippen molar-refractivity contribution in [3.8, 4) is 0 Å². The Morgan fingerprint density at radius 2 is 1.41 bits per heavy atom. The van der Waals surface area contributed by atoms with Crippen LogP contribution >= 0.6 is 0 Å². The highest BCUT2D eigenvalue weighted by Gasteiger charge is 2.12. The molecular formula is C23H25N5O4. The number of carboxylic acid groups (broad SMARTS) is 2. The Bertz CT molecular complexity index is 1070. The van der Waals surface area contributed by atoms with Crippen molar-refractivity contribution in [1.82, 2.24) is 20.6 Å². The average Bonchev–Trinajstić information content (AvgIpc) is 2.79. The lowest BCUT2D eigenvalue weighted by Gasteiger charge is -2.20. The summed E-state index contributed by atoms with van der Waals surface area (Å²) in [5, 5.41) is 25.0. The molecule has 0 saturated carbocycles. The molecule has 0 aliphatic heterocycles. The molecule has 0 unspecified atom stereocenters. The minimum atomic E-state index is -1.07. The van der Waals surface area contributed by atoms with E-state index in [1.165, 1.54) is 12.1 Å². The summed E-state index contributed by atoms with van der Waals surface area (Å²) < 4.78 is 0. The second-order valence-electron chi connectivity index (χ2n) is 7.29. The minimum absolute atomic E-state index is 0.00176. The Balaban J connectivity index is 1.64. The van der Waals surface area contributed by atoms with E-state index in [1.54, 1.807) is 24.3 Å². The zero-order valence-electron chi connectivity index (χ0n) is 17.4. The van der Waals surface area contributed by atoms with E-state index in [-0.39, 0.29) is 17.4 Å². The van der Waals surface area contributed by atoms with Crippen LogP contribution in [-0.4, -0.2) is 44.7 Å². The van der Waals surface area contributed by atoms with Crippen LogP contribution in [-0.2, 0) is 19.5 Å². The number of benzene rings is 1. The lowest BCUT2D eigenvalue weighted by atomic mass is 10.1. The van der Waals surface area contributed by atoms with Crippen LogP contribution < -0.4 is 16.4 Å². The number of nitrogens with one attached hydrogen (secondary N) is 2. The van der Waals surface area contributed by atoms with Gasteiger partial charge < -0.3 is 26.6 Å². The molecule has 3 rings (SSSR count). The molecule has 0 saturated heterocycles. The van der Waals surface area contributed by atoms with Crippen molar-refractivity contribution in [2.24, 2.45) is 0 Å². The number of rotatable bonds is 11. The molecule has 2 aromatic heterocycles. The zero-order chi connectivity index (χ0) is 22.9. The van der Waals surface area contributed by atoms with Gasteiger partial charge in [-0.15, -0.1) is 0 Å². The topological polar surface area (TPSA) is 150 Å². The standard InChI is InChI=1S/C23H25N5O4/c24-16-9-7-15(8-10-16)11-19(26-14-18-4-2-6-21(28-18)23(31)32)13-25-12-17-3-1-5-20(27-17)22(29)30/h1-10,19,25-26H,11-14,24H2,(H,29,30)(H,31,32)/t19-/m0/s1. The first kappa shape index (κ1) is 22.9. The summed E-state index contributed by atoms with van der Waals surface area (Å²) in [4.78, 5) is 30.5. The third-order valence-electron chi connectivity index (χ3n) is 4.78. The lowest BCUT2D eigenvalue weighted by molar-refractivity contribution is 0.0679. The highest BCUT2D eigenvalue weighted by molar-refractivity contribution is 5.85. The second kappa shape index (κ2) is 11.0. The highest BCUT2D eigenvalue weighted by atomic mass is 16.4. The Morgan fingerprint density at radius 3 is 1.97 bits per heavy atom.